The van der Waals surface area contributed by atoms with E-state index in [0.29, 0.717) is 29.6 Å². The average molecular weight is 341 g/mol. The maximum atomic E-state index is 12.4. The van der Waals surface area contributed by atoms with E-state index in [0.717, 1.165) is 15.8 Å². The monoisotopic (exact) mass is 340 g/mol. The van der Waals surface area contributed by atoms with E-state index in [-0.39, 0.29) is 18.1 Å². The molecule has 3 rings (SSSR count). The Morgan fingerprint density at radius 2 is 2.14 bits per heavy atom. The highest BCUT2D eigenvalue weighted by atomic mass is 35.5. The molecule has 0 unspecified atom stereocenters. The molecular weight excluding hydrogens is 327 g/mol. The van der Waals surface area contributed by atoms with Crippen molar-refractivity contribution in [3.63, 3.8) is 0 Å². The van der Waals surface area contributed by atoms with Crippen LogP contribution in [0.5, 0.6) is 0 Å². The Bertz CT molecular complexity index is 797. The van der Waals surface area contributed by atoms with Crippen LogP contribution >= 0.6 is 23.2 Å². The lowest BCUT2D eigenvalue weighted by Gasteiger charge is -2.29. The molecule has 0 radical (unpaired) electrons. The number of aromatic nitrogens is 3. The van der Waals surface area contributed by atoms with Gasteiger partial charge in [0.15, 0.2) is 0 Å². The maximum Gasteiger partial charge on any atom is 0.345 e. The van der Waals surface area contributed by atoms with E-state index in [1.807, 2.05) is 6.07 Å². The van der Waals surface area contributed by atoms with E-state index in [9.17, 15) is 9.59 Å². The van der Waals surface area contributed by atoms with Crippen molar-refractivity contribution in [1.82, 2.24) is 19.2 Å². The molecule has 116 valence electrons. The predicted octanol–water partition coefficient (Wildman–Crippen LogP) is 1.47. The van der Waals surface area contributed by atoms with Gasteiger partial charge in [-0.15, -0.1) is 0 Å². The van der Waals surface area contributed by atoms with E-state index >= 15 is 0 Å². The number of carbonyl (C=O) groups excluding carboxylic acids is 1. The van der Waals surface area contributed by atoms with Gasteiger partial charge >= 0.3 is 5.69 Å². The molecule has 0 aliphatic carbocycles. The molecule has 1 aromatic heterocycles. The molecule has 1 aromatic carbocycles. The second-order valence-electron chi connectivity index (χ2n) is 5.27. The molecule has 1 aliphatic rings. The first-order chi connectivity index (χ1) is 10.5. The maximum absolute atomic E-state index is 12.4. The lowest BCUT2D eigenvalue weighted by Crippen LogP contribution is -2.40. The normalized spacial score (nSPS) is 14.0. The number of aryl methyl sites for hydroxylation is 1. The molecule has 8 heteroatoms. The number of hydrogen-bond donors (Lipinski definition) is 0. The van der Waals surface area contributed by atoms with Crippen LogP contribution in [0.1, 0.15) is 11.1 Å². The van der Waals surface area contributed by atoms with Crippen LogP contribution in [0, 0.1) is 0 Å². The van der Waals surface area contributed by atoms with Crippen LogP contribution in [0.2, 0.25) is 10.0 Å². The Morgan fingerprint density at radius 3 is 2.82 bits per heavy atom. The standard InChI is InChI=1S/C14H14Cl2N4O2/c1-18-8-17-20(14(18)22)7-13(21)19-3-2-11-9(6-19)4-10(15)5-12(11)16/h4-5,8H,2-3,6-7H2,1H3. The number of halogens is 2. The number of amides is 1. The number of benzene rings is 1. The van der Waals surface area contributed by atoms with Crippen LogP contribution in [0.3, 0.4) is 0 Å². The molecule has 2 aromatic rings. The van der Waals surface area contributed by atoms with Gasteiger partial charge in [0.1, 0.15) is 12.9 Å². The van der Waals surface area contributed by atoms with Gasteiger partial charge in [-0.2, -0.15) is 5.10 Å². The van der Waals surface area contributed by atoms with Gasteiger partial charge < -0.3 is 4.90 Å². The molecule has 0 atom stereocenters. The Hall–Kier alpha value is -1.79. The fourth-order valence-corrected chi connectivity index (χ4v) is 3.21. The van der Waals surface area contributed by atoms with E-state index in [1.165, 1.54) is 10.9 Å². The van der Waals surface area contributed by atoms with Gasteiger partial charge in [0.05, 0.1) is 0 Å². The minimum atomic E-state index is -0.308. The van der Waals surface area contributed by atoms with E-state index in [2.05, 4.69) is 5.10 Å². The lowest BCUT2D eigenvalue weighted by molar-refractivity contribution is -0.133. The molecular formula is C14H14Cl2N4O2. The van der Waals surface area contributed by atoms with E-state index in [4.69, 9.17) is 23.2 Å². The SMILES string of the molecule is Cn1cnn(CC(=O)N2CCc3c(Cl)cc(Cl)cc3C2)c1=O. The van der Waals surface area contributed by atoms with Crippen molar-refractivity contribution < 1.29 is 4.79 Å². The molecule has 0 bridgehead atoms. The van der Waals surface area contributed by atoms with Crippen molar-refractivity contribution in [3.05, 3.63) is 50.1 Å². The fraction of sp³-hybridized carbons (Fsp3) is 0.357. The zero-order chi connectivity index (χ0) is 15.9. The molecule has 0 spiro atoms. The number of fused-ring (bicyclic) bond motifs is 1. The van der Waals surface area contributed by atoms with Gasteiger partial charge in [0.25, 0.3) is 0 Å². The summed E-state index contributed by atoms with van der Waals surface area (Å²) in [6, 6.07) is 3.54. The van der Waals surface area contributed by atoms with Crippen molar-refractivity contribution in [2.24, 2.45) is 7.05 Å². The summed E-state index contributed by atoms with van der Waals surface area (Å²) in [4.78, 5) is 25.8. The topological polar surface area (TPSA) is 60.1 Å². The second kappa shape index (κ2) is 5.78. The third-order valence-electron chi connectivity index (χ3n) is 3.77. The summed E-state index contributed by atoms with van der Waals surface area (Å²) in [5.74, 6) is -0.150. The highest BCUT2D eigenvalue weighted by molar-refractivity contribution is 6.35. The number of nitrogens with zero attached hydrogens (tertiary/aromatic N) is 4. The van der Waals surface area contributed by atoms with Gasteiger partial charge in [-0.1, -0.05) is 23.2 Å². The summed E-state index contributed by atoms with van der Waals surface area (Å²) in [5, 5.41) is 5.09. The zero-order valence-corrected chi connectivity index (χ0v) is 13.4. The zero-order valence-electron chi connectivity index (χ0n) is 11.9. The second-order valence-corrected chi connectivity index (χ2v) is 6.12. The summed E-state index contributed by atoms with van der Waals surface area (Å²) < 4.78 is 2.49. The van der Waals surface area contributed by atoms with Gasteiger partial charge in [0.2, 0.25) is 5.91 Å². The van der Waals surface area contributed by atoms with E-state index < -0.39 is 0 Å². The lowest BCUT2D eigenvalue weighted by atomic mass is 9.99. The predicted molar refractivity (Wildman–Crippen MR) is 83.1 cm³/mol. The van der Waals surface area contributed by atoms with Crippen LogP contribution < -0.4 is 5.69 Å². The van der Waals surface area contributed by atoms with E-state index in [1.54, 1.807) is 18.0 Å². The summed E-state index contributed by atoms with van der Waals surface area (Å²) in [6.45, 7) is 0.939. The Labute approximate surface area is 136 Å². The van der Waals surface area contributed by atoms with Crippen molar-refractivity contribution in [1.29, 1.82) is 0 Å². The van der Waals surface area contributed by atoms with Crippen molar-refractivity contribution in [3.8, 4) is 0 Å². The molecule has 2 heterocycles. The Morgan fingerprint density at radius 1 is 1.36 bits per heavy atom. The molecule has 0 fully saturated rings. The summed E-state index contributed by atoms with van der Waals surface area (Å²) in [7, 11) is 1.59. The fourth-order valence-electron chi connectivity index (χ4n) is 2.58. The first-order valence-electron chi connectivity index (χ1n) is 6.78. The minimum absolute atomic E-state index is 0.0662. The summed E-state index contributed by atoms with van der Waals surface area (Å²) in [6.07, 6.45) is 2.06. The third-order valence-corrected chi connectivity index (χ3v) is 4.33. The molecule has 22 heavy (non-hydrogen) atoms. The highest BCUT2D eigenvalue weighted by Gasteiger charge is 2.23. The summed E-state index contributed by atoms with van der Waals surface area (Å²) >= 11 is 12.2. The smallest absolute Gasteiger partial charge is 0.336 e. The number of carbonyl (C=O) groups is 1. The molecule has 0 saturated carbocycles. The number of rotatable bonds is 2. The van der Waals surface area contributed by atoms with Crippen LogP contribution in [0.25, 0.3) is 0 Å². The van der Waals surface area contributed by atoms with Crippen molar-refractivity contribution in [2.75, 3.05) is 6.54 Å². The first-order valence-corrected chi connectivity index (χ1v) is 7.54. The first kappa shape index (κ1) is 15.1. The molecule has 6 nitrogen and oxygen atoms in total. The van der Waals surface area contributed by atoms with Crippen LogP contribution in [-0.2, 0) is 31.4 Å². The highest BCUT2D eigenvalue weighted by Crippen LogP contribution is 2.29. The Balaban J connectivity index is 1.78. The summed E-state index contributed by atoms with van der Waals surface area (Å²) in [5.41, 5.74) is 1.67. The average Bonchev–Trinajstić information content (AvgIpc) is 2.78. The third kappa shape index (κ3) is 2.76. The van der Waals surface area contributed by atoms with Gasteiger partial charge in [-0.3, -0.25) is 9.36 Å². The van der Waals surface area contributed by atoms with Gasteiger partial charge in [0, 0.05) is 30.2 Å². The number of hydrogen-bond acceptors (Lipinski definition) is 3. The molecule has 0 saturated heterocycles. The molecule has 1 aliphatic heterocycles. The quantitative estimate of drug-likeness (QED) is 0.831. The largest absolute Gasteiger partial charge is 0.345 e. The Kier molecular flexibility index (Phi) is 3.97. The van der Waals surface area contributed by atoms with Gasteiger partial charge in [-0.05, 0) is 29.7 Å². The molecule has 1 amide bonds. The van der Waals surface area contributed by atoms with Crippen LogP contribution in [0.15, 0.2) is 23.3 Å². The van der Waals surface area contributed by atoms with Gasteiger partial charge in [-0.25, -0.2) is 9.48 Å². The van der Waals surface area contributed by atoms with Crippen molar-refractivity contribution >= 4 is 29.1 Å². The minimum Gasteiger partial charge on any atom is -0.336 e. The molecule has 0 N–H and O–H groups in total. The van der Waals surface area contributed by atoms with Crippen molar-refractivity contribution in [2.45, 2.75) is 19.5 Å². The van der Waals surface area contributed by atoms with Crippen LogP contribution in [0.4, 0.5) is 0 Å². The van der Waals surface area contributed by atoms with Crippen LogP contribution in [-0.4, -0.2) is 31.7 Å².